The van der Waals surface area contributed by atoms with Crippen molar-refractivity contribution in [2.45, 2.75) is 38.9 Å². The molecule has 4 atom stereocenters. The third kappa shape index (κ3) is 4.14. The molecular formula is C20H22O2. The molecule has 0 N–H and O–H groups in total. The summed E-state index contributed by atoms with van der Waals surface area (Å²) in [5, 5.41) is 0. The van der Waals surface area contributed by atoms with Gasteiger partial charge in [0, 0.05) is 36.2 Å². The molecular weight excluding hydrogens is 272 g/mol. The highest BCUT2D eigenvalue weighted by Crippen LogP contribution is 2.33. The highest BCUT2D eigenvalue weighted by atomic mass is 16.5. The summed E-state index contributed by atoms with van der Waals surface area (Å²) < 4.78 is 11.1. The number of hydrogen-bond donors (Lipinski definition) is 0. The summed E-state index contributed by atoms with van der Waals surface area (Å²) in [6.07, 6.45) is 2.87. The molecule has 0 radical (unpaired) electrons. The van der Waals surface area contributed by atoms with Crippen molar-refractivity contribution in [3.63, 3.8) is 0 Å². The van der Waals surface area contributed by atoms with Gasteiger partial charge in [-0.25, -0.2) is 0 Å². The van der Waals surface area contributed by atoms with E-state index in [4.69, 9.17) is 9.47 Å². The van der Waals surface area contributed by atoms with Crippen molar-refractivity contribution in [2.24, 2.45) is 11.8 Å². The van der Waals surface area contributed by atoms with Crippen LogP contribution in [0.3, 0.4) is 0 Å². The Bertz CT molecular complexity index is 567. The van der Waals surface area contributed by atoms with Gasteiger partial charge in [0.1, 0.15) is 0 Å². The quantitative estimate of drug-likeness (QED) is 0.794. The van der Waals surface area contributed by atoms with Crippen molar-refractivity contribution in [3.05, 3.63) is 35.4 Å². The first-order chi connectivity index (χ1) is 10.8. The van der Waals surface area contributed by atoms with Crippen LogP contribution in [0.1, 0.15) is 37.8 Å². The Hall–Kier alpha value is -1.74. The lowest BCUT2D eigenvalue weighted by molar-refractivity contribution is 0.126. The Balaban J connectivity index is 1.51. The van der Waals surface area contributed by atoms with Gasteiger partial charge in [-0.2, -0.15) is 0 Å². The van der Waals surface area contributed by atoms with Crippen LogP contribution in [0.5, 0.6) is 0 Å². The third-order valence-corrected chi connectivity index (χ3v) is 3.91. The Kier molecular flexibility index (Phi) is 4.84. The largest absolute Gasteiger partial charge is 0.377 e. The molecule has 0 unspecified atom stereocenters. The molecule has 114 valence electrons. The van der Waals surface area contributed by atoms with Crippen molar-refractivity contribution in [2.75, 3.05) is 13.2 Å². The van der Waals surface area contributed by atoms with Crippen molar-refractivity contribution in [1.29, 1.82) is 0 Å². The predicted molar refractivity (Wildman–Crippen MR) is 87.2 cm³/mol. The van der Waals surface area contributed by atoms with Crippen molar-refractivity contribution >= 4 is 0 Å². The fourth-order valence-electron chi connectivity index (χ4n) is 2.43. The Morgan fingerprint density at radius 2 is 1.23 bits per heavy atom. The van der Waals surface area contributed by atoms with Crippen LogP contribution >= 0.6 is 0 Å². The number of ether oxygens (including phenoxy) is 2. The lowest BCUT2D eigenvalue weighted by Crippen LogP contribution is -1.94. The maximum atomic E-state index is 5.53. The average molecular weight is 294 g/mol. The molecule has 2 heteroatoms. The zero-order valence-electron chi connectivity index (χ0n) is 13.3. The summed E-state index contributed by atoms with van der Waals surface area (Å²) in [7, 11) is 0. The van der Waals surface area contributed by atoms with Crippen molar-refractivity contribution < 1.29 is 9.47 Å². The van der Waals surface area contributed by atoms with Crippen LogP contribution in [0, 0.1) is 35.5 Å². The van der Waals surface area contributed by atoms with E-state index in [1.807, 2.05) is 38.1 Å². The highest BCUT2D eigenvalue weighted by molar-refractivity contribution is 5.43. The van der Waals surface area contributed by atoms with E-state index in [0.717, 1.165) is 37.2 Å². The summed E-state index contributed by atoms with van der Waals surface area (Å²) >= 11 is 0. The van der Waals surface area contributed by atoms with Crippen LogP contribution in [-0.4, -0.2) is 25.4 Å². The summed E-state index contributed by atoms with van der Waals surface area (Å²) in [4.78, 5) is 0. The molecule has 0 aliphatic heterocycles. The fraction of sp³-hybridized carbons (Fsp3) is 0.500. The second-order valence-corrected chi connectivity index (χ2v) is 5.79. The summed E-state index contributed by atoms with van der Waals surface area (Å²) in [5.41, 5.74) is 2.10. The van der Waals surface area contributed by atoms with E-state index in [1.165, 1.54) is 0 Å². The second-order valence-electron chi connectivity index (χ2n) is 5.79. The van der Waals surface area contributed by atoms with Gasteiger partial charge in [-0.15, -0.1) is 0 Å². The van der Waals surface area contributed by atoms with Gasteiger partial charge in [0.2, 0.25) is 0 Å². The zero-order chi connectivity index (χ0) is 15.4. The van der Waals surface area contributed by atoms with Gasteiger partial charge in [-0.05, 0) is 51.0 Å². The summed E-state index contributed by atoms with van der Waals surface area (Å²) in [6.45, 7) is 5.62. The number of rotatable bonds is 4. The molecule has 2 aliphatic carbocycles. The minimum Gasteiger partial charge on any atom is -0.377 e. The lowest BCUT2D eigenvalue weighted by Gasteiger charge is -1.94. The van der Waals surface area contributed by atoms with Crippen molar-refractivity contribution in [3.8, 4) is 23.7 Å². The molecule has 1 aromatic carbocycles. The third-order valence-electron chi connectivity index (χ3n) is 3.91. The van der Waals surface area contributed by atoms with Crippen LogP contribution in [0.15, 0.2) is 24.3 Å². The van der Waals surface area contributed by atoms with Gasteiger partial charge < -0.3 is 9.47 Å². The van der Waals surface area contributed by atoms with E-state index in [-0.39, 0.29) is 0 Å². The Labute approximate surface area is 133 Å². The van der Waals surface area contributed by atoms with E-state index in [9.17, 15) is 0 Å². The molecule has 0 heterocycles. The van der Waals surface area contributed by atoms with E-state index in [0.29, 0.717) is 24.0 Å². The Morgan fingerprint density at radius 3 is 1.59 bits per heavy atom. The minimum atomic E-state index is 0.361. The van der Waals surface area contributed by atoms with Gasteiger partial charge in [-0.1, -0.05) is 23.7 Å². The molecule has 2 nitrogen and oxygen atoms in total. The average Bonchev–Trinajstić information content (AvgIpc) is 3.43. The van der Waals surface area contributed by atoms with Crippen molar-refractivity contribution in [1.82, 2.24) is 0 Å². The predicted octanol–water partition coefficient (Wildman–Crippen LogP) is 3.24. The van der Waals surface area contributed by atoms with Crippen LogP contribution in [0.25, 0.3) is 0 Å². The maximum Gasteiger partial charge on any atom is 0.0726 e. The van der Waals surface area contributed by atoms with E-state index < -0.39 is 0 Å². The van der Waals surface area contributed by atoms with Gasteiger partial charge in [0.05, 0.1) is 12.2 Å². The first-order valence-corrected chi connectivity index (χ1v) is 8.16. The van der Waals surface area contributed by atoms with Gasteiger partial charge in [-0.3, -0.25) is 0 Å². The molecule has 2 fully saturated rings. The van der Waals surface area contributed by atoms with E-state index >= 15 is 0 Å². The standard InChI is InChI=1S/C20H22O2/c1-3-21-19-13-17(19)11-9-15-5-7-16(8-6-15)10-12-18-14-20(18)22-4-2/h5-8,17-20H,3-4,13-14H2,1-2H3/t17-,18+,19-,20+. The van der Waals surface area contributed by atoms with Crippen LogP contribution in [0.2, 0.25) is 0 Å². The number of hydrogen-bond acceptors (Lipinski definition) is 2. The molecule has 22 heavy (non-hydrogen) atoms. The molecule has 3 rings (SSSR count). The molecule has 0 saturated heterocycles. The molecule has 0 spiro atoms. The normalized spacial score (nSPS) is 28.1. The molecule has 2 aliphatic rings. The van der Waals surface area contributed by atoms with Gasteiger partial charge in [0.25, 0.3) is 0 Å². The Morgan fingerprint density at radius 1 is 0.818 bits per heavy atom. The zero-order valence-corrected chi connectivity index (χ0v) is 13.3. The molecule has 0 amide bonds. The van der Waals surface area contributed by atoms with Crippen LogP contribution in [0.4, 0.5) is 0 Å². The smallest absolute Gasteiger partial charge is 0.0726 e. The van der Waals surface area contributed by atoms with E-state index in [2.05, 4.69) is 23.7 Å². The second kappa shape index (κ2) is 7.01. The minimum absolute atomic E-state index is 0.361. The summed E-state index contributed by atoms with van der Waals surface area (Å²) in [5.74, 6) is 13.9. The summed E-state index contributed by atoms with van der Waals surface area (Å²) in [6, 6.07) is 8.17. The molecule has 1 aromatic rings. The van der Waals surface area contributed by atoms with Gasteiger partial charge in [0.15, 0.2) is 0 Å². The maximum absolute atomic E-state index is 5.53. The fourth-order valence-corrected chi connectivity index (χ4v) is 2.43. The lowest BCUT2D eigenvalue weighted by atomic mass is 10.1. The first kappa shape index (κ1) is 15.2. The monoisotopic (exact) mass is 294 g/mol. The molecule has 0 aromatic heterocycles. The SMILES string of the molecule is CCO[C@H]1C[C@@H]1C#Cc1ccc(C#C[C@@H]2C[C@H]2OCC)cc1. The van der Waals surface area contributed by atoms with E-state index in [1.54, 1.807) is 0 Å². The van der Waals surface area contributed by atoms with Crippen LogP contribution in [-0.2, 0) is 9.47 Å². The molecule has 0 bridgehead atoms. The first-order valence-electron chi connectivity index (χ1n) is 8.16. The van der Waals surface area contributed by atoms with Gasteiger partial charge >= 0.3 is 0 Å². The topological polar surface area (TPSA) is 18.5 Å². The number of benzene rings is 1. The van der Waals surface area contributed by atoms with Crippen LogP contribution < -0.4 is 0 Å². The highest BCUT2D eigenvalue weighted by Gasteiger charge is 2.36. The molecule has 2 saturated carbocycles.